The zero-order valence-corrected chi connectivity index (χ0v) is 10.9. The molecule has 0 aromatic heterocycles. The van der Waals surface area contributed by atoms with Crippen LogP contribution in [0.5, 0.6) is 0 Å². The van der Waals surface area contributed by atoms with Crippen molar-refractivity contribution in [2.75, 3.05) is 6.61 Å². The van der Waals surface area contributed by atoms with Gasteiger partial charge >= 0.3 is 0 Å². The molecule has 1 aliphatic heterocycles. The van der Waals surface area contributed by atoms with Crippen molar-refractivity contribution in [1.82, 2.24) is 0 Å². The highest BCUT2D eigenvalue weighted by molar-refractivity contribution is 6.19. The van der Waals surface area contributed by atoms with Crippen LogP contribution in [-0.4, -0.2) is 12.2 Å². The van der Waals surface area contributed by atoms with E-state index in [4.69, 9.17) is 16.3 Å². The molecule has 0 N–H and O–H groups in total. The van der Waals surface area contributed by atoms with Gasteiger partial charge < -0.3 is 4.74 Å². The lowest BCUT2D eigenvalue weighted by molar-refractivity contribution is 0.0154. The third-order valence-electron chi connectivity index (χ3n) is 3.55. The van der Waals surface area contributed by atoms with Crippen LogP contribution >= 0.6 is 11.6 Å². The van der Waals surface area contributed by atoms with Gasteiger partial charge in [-0.25, -0.2) is 0 Å². The molecule has 0 bridgehead atoms. The fourth-order valence-corrected chi connectivity index (χ4v) is 2.76. The fraction of sp³-hybridized carbons (Fsp3) is 1.00. The lowest BCUT2D eigenvalue weighted by Gasteiger charge is -2.30. The molecule has 0 radical (unpaired) electrons. The summed E-state index contributed by atoms with van der Waals surface area (Å²) in [4.78, 5) is 0. The number of hydrogen-bond donors (Lipinski definition) is 0. The molecule has 0 aliphatic carbocycles. The van der Waals surface area contributed by atoms with Crippen molar-refractivity contribution in [2.24, 2.45) is 11.8 Å². The monoisotopic (exact) mass is 232 g/mol. The standard InChI is InChI=1S/C13H25ClO/c1-3-5-7-11(4-2)10-12-8-6-9-15-13(12)14/h11-13H,3-10H2,1-2H3. The van der Waals surface area contributed by atoms with Crippen molar-refractivity contribution >= 4 is 11.6 Å². The smallest absolute Gasteiger partial charge is 0.133 e. The molecule has 0 saturated carbocycles. The number of hydrogen-bond acceptors (Lipinski definition) is 1. The summed E-state index contributed by atoms with van der Waals surface area (Å²) in [6, 6.07) is 0. The van der Waals surface area contributed by atoms with Gasteiger partial charge in [0.1, 0.15) is 5.56 Å². The molecular formula is C13H25ClO. The van der Waals surface area contributed by atoms with Crippen LogP contribution in [0, 0.1) is 11.8 Å². The summed E-state index contributed by atoms with van der Waals surface area (Å²) in [5, 5.41) is 0. The Morgan fingerprint density at radius 1 is 1.40 bits per heavy atom. The zero-order chi connectivity index (χ0) is 11.1. The molecule has 0 spiro atoms. The van der Waals surface area contributed by atoms with Crippen molar-refractivity contribution < 1.29 is 4.74 Å². The molecule has 1 heterocycles. The second-order valence-electron chi connectivity index (χ2n) is 4.78. The predicted octanol–water partition coefficient (Wildman–Crippen LogP) is 4.58. The largest absolute Gasteiger partial charge is 0.362 e. The Morgan fingerprint density at radius 3 is 2.80 bits per heavy atom. The zero-order valence-electron chi connectivity index (χ0n) is 10.2. The van der Waals surface area contributed by atoms with Crippen LogP contribution in [0.1, 0.15) is 58.8 Å². The van der Waals surface area contributed by atoms with E-state index < -0.39 is 0 Å². The number of unbranched alkanes of at least 4 members (excludes halogenated alkanes) is 1. The van der Waals surface area contributed by atoms with Crippen molar-refractivity contribution in [1.29, 1.82) is 0 Å². The molecule has 1 saturated heterocycles. The van der Waals surface area contributed by atoms with E-state index in [1.54, 1.807) is 0 Å². The third kappa shape index (κ3) is 4.74. The van der Waals surface area contributed by atoms with E-state index >= 15 is 0 Å². The van der Waals surface area contributed by atoms with Crippen LogP contribution in [0.15, 0.2) is 0 Å². The van der Waals surface area contributed by atoms with Gasteiger partial charge in [0.2, 0.25) is 0 Å². The highest BCUT2D eigenvalue weighted by Crippen LogP contribution is 2.32. The molecule has 1 fully saturated rings. The molecule has 1 aliphatic rings. The van der Waals surface area contributed by atoms with E-state index in [1.165, 1.54) is 44.9 Å². The van der Waals surface area contributed by atoms with Gasteiger partial charge in [-0.15, -0.1) is 0 Å². The Labute approximate surface area is 99.5 Å². The van der Waals surface area contributed by atoms with Gasteiger partial charge in [0.15, 0.2) is 0 Å². The van der Waals surface area contributed by atoms with E-state index in [1.807, 2.05) is 0 Å². The normalized spacial score (nSPS) is 29.0. The van der Waals surface area contributed by atoms with Gasteiger partial charge in [-0.05, 0) is 31.1 Å². The second kappa shape index (κ2) is 7.51. The number of rotatable bonds is 6. The molecule has 1 nitrogen and oxygen atoms in total. The first-order valence-electron chi connectivity index (χ1n) is 6.53. The van der Waals surface area contributed by atoms with Gasteiger partial charge in [0, 0.05) is 6.61 Å². The molecule has 3 atom stereocenters. The molecule has 15 heavy (non-hydrogen) atoms. The van der Waals surface area contributed by atoms with Crippen LogP contribution in [0.3, 0.4) is 0 Å². The Hall–Kier alpha value is 0.250. The fourth-order valence-electron chi connectivity index (χ4n) is 2.44. The molecule has 2 heteroatoms. The molecule has 90 valence electrons. The summed E-state index contributed by atoms with van der Waals surface area (Å²) in [6.07, 6.45) is 9.05. The summed E-state index contributed by atoms with van der Waals surface area (Å²) in [5.74, 6) is 1.46. The molecule has 0 aromatic carbocycles. The second-order valence-corrected chi connectivity index (χ2v) is 5.21. The van der Waals surface area contributed by atoms with E-state index in [0.29, 0.717) is 5.92 Å². The van der Waals surface area contributed by atoms with Crippen LogP contribution in [0.2, 0.25) is 0 Å². The maximum absolute atomic E-state index is 6.20. The lowest BCUT2D eigenvalue weighted by atomic mass is 9.86. The molecule has 3 unspecified atom stereocenters. The van der Waals surface area contributed by atoms with E-state index in [9.17, 15) is 0 Å². The third-order valence-corrected chi connectivity index (χ3v) is 4.03. The highest BCUT2D eigenvalue weighted by Gasteiger charge is 2.25. The highest BCUT2D eigenvalue weighted by atomic mass is 35.5. The topological polar surface area (TPSA) is 9.23 Å². The molecule has 0 aromatic rings. The van der Waals surface area contributed by atoms with Gasteiger partial charge in [-0.2, -0.15) is 0 Å². The molecule has 0 amide bonds. The van der Waals surface area contributed by atoms with Gasteiger partial charge in [0.25, 0.3) is 0 Å². The Kier molecular flexibility index (Phi) is 6.67. The van der Waals surface area contributed by atoms with Crippen molar-refractivity contribution in [3.63, 3.8) is 0 Å². The summed E-state index contributed by atoms with van der Waals surface area (Å²) < 4.78 is 5.51. The number of ether oxygens (including phenoxy) is 1. The minimum Gasteiger partial charge on any atom is -0.362 e. The Bertz CT molecular complexity index is 161. The maximum Gasteiger partial charge on any atom is 0.133 e. The van der Waals surface area contributed by atoms with Crippen molar-refractivity contribution in [3.05, 3.63) is 0 Å². The first-order chi connectivity index (χ1) is 7.27. The van der Waals surface area contributed by atoms with Crippen molar-refractivity contribution in [2.45, 2.75) is 64.4 Å². The first-order valence-corrected chi connectivity index (χ1v) is 6.97. The average molecular weight is 233 g/mol. The van der Waals surface area contributed by atoms with Gasteiger partial charge in [-0.3, -0.25) is 0 Å². The minimum atomic E-state index is -0.0190. The van der Waals surface area contributed by atoms with Crippen LogP contribution in [0.4, 0.5) is 0 Å². The van der Waals surface area contributed by atoms with Crippen LogP contribution in [-0.2, 0) is 4.74 Å². The maximum atomic E-state index is 6.20. The minimum absolute atomic E-state index is 0.0190. The van der Waals surface area contributed by atoms with Gasteiger partial charge in [-0.1, -0.05) is 51.1 Å². The van der Waals surface area contributed by atoms with E-state index in [2.05, 4.69) is 13.8 Å². The SMILES string of the molecule is CCCCC(CC)CC1CCCOC1Cl. The van der Waals surface area contributed by atoms with Crippen LogP contribution < -0.4 is 0 Å². The quantitative estimate of drug-likeness (QED) is 0.609. The molecular weight excluding hydrogens is 208 g/mol. The first kappa shape index (κ1) is 13.3. The Balaban J connectivity index is 2.29. The molecule has 1 rings (SSSR count). The predicted molar refractivity (Wildman–Crippen MR) is 66.2 cm³/mol. The Morgan fingerprint density at radius 2 is 2.20 bits per heavy atom. The summed E-state index contributed by atoms with van der Waals surface area (Å²) in [5.41, 5.74) is -0.0190. The number of alkyl halides is 1. The summed E-state index contributed by atoms with van der Waals surface area (Å²) in [7, 11) is 0. The van der Waals surface area contributed by atoms with E-state index in [-0.39, 0.29) is 5.56 Å². The van der Waals surface area contributed by atoms with Gasteiger partial charge in [0.05, 0.1) is 0 Å². The van der Waals surface area contributed by atoms with E-state index in [0.717, 1.165) is 12.5 Å². The lowest BCUT2D eigenvalue weighted by Crippen LogP contribution is -2.26. The van der Waals surface area contributed by atoms with Crippen LogP contribution in [0.25, 0.3) is 0 Å². The average Bonchev–Trinajstić information content (AvgIpc) is 2.26. The summed E-state index contributed by atoms with van der Waals surface area (Å²) >= 11 is 6.20. The van der Waals surface area contributed by atoms with Crippen molar-refractivity contribution in [3.8, 4) is 0 Å². The number of halogens is 1. The summed E-state index contributed by atoms with van der Waals surface area (Å²) in [6.45, 7) is 5.42.